The minimum absolute atomic E-state index is 0.0609. The Kier molecular flexibility index (Phi) is 4.33. The molecule has 1 amide bonds. The molecule has 0 aliphatic heterocycles. The normalized spacial score (nSPS) is 13.1. The highest BCUT2D eigenvalue weighted by molar-refractivity contribution is 5.90. The number of aromatic hydroxyl groups is 1. The molecule has 0 aromatic heterocycles. The van der Waals surface area contributed by atoms with Gasteiger partial charge in [0.25, 0.3) is 0 Å². The molecular formula is C11H15N3O3. The molecule has 0 saturated heterocycles. The van der Waals surface area contributed by atoms with Gasteiger partial charge in [0.2, 0.25) is 5.91 Å². The van der Waals surface area contributed by atoms with Gasteiger partial charge in [0.05, 0.1) is 12.5 Å². The summed E-state index contributed by atoms with van der Waals surface area (Å²) in [4.78, 5) is 11.6. The second-order valence-electron chi connectivity index (χ2n) is 3.66. The average molecular weight is 237 g/mol. The molecule has 0 aliphatic carbocycles. The number of benzene rings is 1. The summed E-state index contributed by atoms with van der Waals surface area (Å²) in [6.45, 7) is 1.61. The molecule has 5 N–H and O–H groups in total. The van der Waals surface area contributed by atoms with Gasteiger partial charge in [-0.15, -0.1) is 0 Å². The first-order valence-electron chi connectivity index (χ1n) is 5.07. The number of amides is 1. The van der Waals surface area contributed by atoms with Crippen LogP contribution < -0.4 is 11.1 Å². The number of hydrogen-bond acceptors (Lipinski definition) is 4. The van der Waals surface area contributed by atoms with Crippen LogP contribution in [0.1, 0.15) is 12.5 Å². The maximum absolute atomic E-state index is 11.6. The summed E-state index contributed by atoms with van der Waals surface area (Å²) in [5.41, 5.74) is 6.02. The lowest BCUT2D eigenvalue weighted by molar-refractivity contribution is -0.120. The van der Waals surface area contributed by atoms with E-state index in [9.17, 15) is 9.90 Å². The van der Waals surface area contributed by atoms with Crippen LogP contribution in [0.2, 0.25) is 0 Å². The van der Waals surface area contributed by atoms with E-state index in [1.54, 1.807) is 19.1 Å². The van der Waals surface area contributed by atoms with Crippen molar-refractivity contribution >= 4 is 11.7 Å². The lowest BCUT2D eigenvalue weighted by atomic mass is 10.1. The quantitative estimate of drug-likeness (QED) is 0.259. The maximum atomic E-state index is 11.6. The summed E-state index contributed by atoms with van der Waals surface area (Å²) in [5, 5.41) is 23.0. The summed E-state index contributed by atoms with van der Waals surface area (Å²) in [5.74, 6) is -0.219. The van der Waals surface area contributed by atoms with Crippen LogP contribution in [0.3, 0.4) is 0 Å². The predicted molar refractivity (Wildman–Crippen MR) is 62.8 cm³/mol. The van der Waals surface area contributed by atoms with Crippen molar-refractivity contribution in [2.24, 2.45) is 10.9 Å². The molecule has 1 aromatic carbocycles. The number of rotatable bonds is 4. The molecule has 1 aromatic rings. The minimum Gasteiger partial charge on any atom is -0.508 e. The van der Waals surface area contributed by atoms with Gasteiger partial charge in [-0.3, -0.25) is 4.79 Å². The zero-order valence-corrected chi connectivity index (χ0v) is 9.42. The zero-order chi connectivity index (χ0) is 12.8. The molecule has 6 nitrogen and oxygen atoms in total. The standard InChI is InChI=1S/C11H15N3O3/c1-7(11(12)14-17)13-10(16)6-8-3-2-4-9(15)5-8/h2-5,7,15,17H,6H2,1H3,(H2,12,14)(H,13,16). The topological polar surface area (TPSA) is 108 Å². The molecule has 0 spiro atoms. The molecule has 1 rings (SSSR count). The van der Waals surface area contributed by atoms with Crippen molar-refractivity contribution in [2.45, 2.75) is 19.4 Å². The highest BCUT2D eigenvalue weighted by atomic mass is 16.4. The molecule has 1 unspecified atom stereocenters. The number of nitrogens with two attached hydrogens (primary N) is 1. The SMILES string of the molecule is CC(NC(=O)Cc1cccc(O)c1)/C(N)=N/O. The Morgan fingerprint density at radius 1 is 1.59 bits per heavy atom. The van der Waals surface area contributed by atoms with E-state index in [1.165, 1.54) is 12.1 Å². The number of oxime groups is 1. The number of amidine groups is 1. The molecule has 6 heteroatoms. The summed E-state index contributed by atoms with van der Waals surface area (Å²) in [7, 11) is 0. The van der Waals surface area contributed by atoms with E-state index in [4.69, 9.17) is 10.9 Å². The van der Waals surface area contributed by atoms with Gasteiger partial charge in [-0.25, -0.2) is 0 Å². The van der Waals surface area contributed by atoms with E-state index in [-0.39, 0.29) is 23.9 Å². The van der Waals surface area contributed by atoms with Crippen LogP contribution in [0.4, 0.5) is 0 Å². The largest absolute Gasteiger partial charge is 0.508 e. The number of carbonyl (C=O) groups excluding carboxylic acids is 1. The summed E-state index contributed by atoms with van der Waals surface area (Å²) in [6, 6.07) is 5.89. The lowest BCUT2D eigenvalue weighted by Crippen LogP contribution is -2.43. The Morgan fingerprint density at radius 2 is 2.29 bits per heavy atom. The second kappa shape index (κ2) is 5.74. The average Bonchev–Trinajstić information content (AvgIpc) is 2.27. The Labute approximate surface area is 98.7 Å². The third kappa shape index (κ3) is 4.02. The van der Waals surface area contributed by atoms with Gasteiger partial charge in [0.15, 0.2) is 5.84 Å². The number of phenols is 1. The van der Waals surface area contributed by atoms with Crippen LogP contribution in [0.5, 0.6) is 5.75 Å². The number of carbonyl (C=O) groups is 1. The van der Waals surface area contributed by atoms with Crippen molar-refractivity contribution in [3.8, 4) is 5.75 Å². The molecule has 0 aliphatic rings. The molecule has 0 saturated carbocycles. The molecule has 0 radical (unpaired) electrons. The van der Waals surface area contributed by atoms with Gasteiger partial charge in [-0.1, -0.05) is 17.3 Å². The van der Waals surface area contributed by atoms with Crippen LogP contribution in [0, 0.1) is 0 Å². The second-order valence-corrected chi connectivity index (χ2v) is 3.66. The monoisotopic (exact) mass is 237 g/mol. The van der Waals surface area contributed by atoms with Crippen molar-refractivity contribution in [1.82, 2.24) is 5.32 Å². The summed E-state index contributed by atoms with van der Waals surface area (Å²) >= 11 is 0. The van der Waals surface area contributed by atoms with Gasteiger partial charge in [0, 0.05) is 0 Å². The number of hydrogen-bond donors (Lipinski definition) is 4. The zero-order valence-electron chi connectivity index (χ0n) is 9.42. The Balaban J connectivity index is 2.56. The van der Waals surface area contributed by atoms with E-state index in [0.29, 0.717) is 5.56 Å². The third-order valence-corrected chi connectivity index (χ3v) is 2.21. The van der Waals surface area contributed by atoms with Gasteiger partial charge in [0.1, 0.15) is 5.75 Å². The van der Waals surface area contributed by atoms with Crippen molar-refractivity contribution in [2.75, 3.05) is 0 Å². The van der Waals surface area contributed by atoms with Gasteiger partial charge >= 0.3 is 0 Å². The van der Waals surface area contributed by atoms with Crippen LogP contribution in [0.25, 0.3) is 0 Å². The van der Waals surface area contributed by atoms with Crippen molar-refractivity contribution in [1.29, 1.82) is 0 Å². The van der Waals surface area contributed by atoms with Crippen molar-refractivity contribution in [3.05, 3.63) is 29.8 Å². The van der Waals surface area contributed by atoms with Crippen LogP contribution in [0.15, 0.2) is 29.4 Å². The van der Waals surface area contributed by atoms with E-state index in [2.05, 4.69) is 10.5 Å². The Bertz CT molecular complexity index is 432. The lowest BCUT2D eigenvalue weighted by Gasteiger charge is -2.12. The van der Waals surface area contributed by atoms with E-state index in [1.807, 2.05) is 0 Å². The smallest absolute Gasteiger partial charge is 0.225 e. The van der Waals surface area contributed by atoms with E-state index < -0.39 is 6.04 Å². The highest BCUT2D eigenvalue weighted by Gasteiger charge is 2.11. The number of nitrogens with zero attached hydrogens (tertiary/aromatic N) is 1. The number of phenolic OH excluding ortho intramolecular Hbond substituents is 1. The van der Waals surface area contributed by atoms with Crippen molar-refractivity contribution < 1.29 is 15.1 Å². The first kappa shape index (κ1) is 12.8. The van der Waals surface area contributed by atoms with Gasteiger partial charge in [-0.2, -0.15) is 0 Å². The summed E-state index contributed by atoms with van der Waals surface area (Å²) in [6.07, 6.45) is 0.122. The molecular weight excluding hydrogens is 222 g/mol. The van der Waals surface area contributed by atoms with Crippen molar-refractivity contribution in [3.63, 3.8) is 0 Å². The molecule has 1 atom stereocenters. The van der Waals surface area contributed by atoms with Crippen LogP contribution >= 0.6 is 0 Å². The third-order valence-electron chi connectivity index (χ3n) is 2.21. The fourth-order valence-corrected chi connectivity index (χ4v) is 1.30. The molecule has 0 bridgehead atoms. The Hall–Kier alpha value is -2.24. The predicted octanol–water partition coefficient (Wildman–Crippen LogP) is 0.186. The molecule has 0 heterocycles. The molecule has 17 heavy (non-hydrogen) atoms. The fraction of sp³-hybridized carbons (Fsp3) is 0.273. The number of nitrogens with one attached hydrogen (secondary N) is 1. The van der Waals surface area contributed by atoms with Crippen LogP contribution in [-0.2, 0) is 11.2 Å². The summed E-state index contributed by atoms with van der Waals surface area (Å²) < 4.78 is 0. The molecule has 0 fully saturated rings. The highest BCUT2D eigenvalue weighted by Crippen LogP contribution is 2.11. The van der Waals surface area contributed by atoms with Gasteiger partial charge < -0.3 is 21.4 Å². The Morgan fingerprint density at radius 3 is 2.88 bits per heavy atom. The van der Waals surface area contributed by atoms with E-state index >= 15 is 0 Å². The van der Waals surface area contributed by atoms with E-state index in [0.717, 1.165) is 0 Å². The minimum atomic E-state index is -0.537. The fourth-order valence-electron chi connectivity index (χ4n) is 1.30. The van der Waals surface area contributed by atoms with Gasteiger partial charge in [-0.05, 0) is 24.6 Å². The maximum Gasteiger partial charge on any atom is 0.225 e. The first-order chi connectivity index (χ1) is 8.02. The first-order valence-corrected chi connectivity index (χ1v) is 5.07. The molecule has 92 valence electrons. The van der Waals surface area contributed by atoms with Crippen LogP contribution in [-0.4, -0.2) is 28.1 Å².